The number of aromatic nitrogens is 2. The van der Waals surface area contributed by atoms with Crippen molar-refractivity contribution >= 4 is 21.8 Å². The number of aryl methyl sites for hydroxylation is 2. The molecule has 7 heteroatoms. The Morgan fingerprint density at radius 3 is 2.63 bits per heavy atom. The third-order valence-corrected chi connectivity index (χ3v) is 3.09. The van der Waals surface area contributed by atoms with E-state index in [1.165, 1.54) is 0 Å². The Balaban J connectivity index is 2.42. The minimum Gasteiger partial charge on any atom is -0.439 e. The highest BCUT2D eigenvalue weighted by Gasteiger charge is 2.19. The summed E-state index contributed by atoms with van der Waals surface area (Å²) >= 11 is 3.35. The molecule has 2 rings (SSSR count). The summed E-state index contributed by atoms with van der Waals surface area (Å²) in [5.41, 5.74) is 6.76. The molecule has 1 aromatic heterocycles. The van der Waals surface area contributed by atoms with Gasteiger partial charge in [0.2, 0.25) is 5.88 Å². The van der Waals surface area contributed by atoms with E-state index in [0.29, 0.717) is 22.9 Å². The van der Waals surface area contributed by atoms with Crippen LogP contribution in [0.1, 0.15) is 11.3 Å². The van der Waals surface area contributed by atoms with Gasteiger partial charge in [0.15, 0.2) is 5.84 Å². The minimum absolute atomic E-state index is 0.0299. The van der Waals surface area contributed by atoms with E-state index >= 15 is 0 Å². The van der Waals surface area contributed by atoms with Gasteiger partial charge >= 0.3 is 0 Å². The first-order chi connectivity index (χ1) is 9.02. The molecule has 0 spiro atoms. The van der Waals surface area contributed by atoms with Gasteiger partial charge in [-0.2, -0.15) is 5.10 Å². The zero-order valence-electron chi connectivity index (χ0n) is 10.5. The summed E-state index contributed by atoms with van der Waals surface area (Å²) < 4.78 is 8.25. The van der Waals surface area contributed by atoms with E-state index in [9.17, 15) is 0 Å². The number of hydrogen-bond acceptors (Lipinski definition) is 4. The van der Waals surface area contributed by atoms with Gasteiger partial charge in [-0.1, -0.05) is 21.1 Å². The van der Waals surface area contributed by atoms with Gasteiger partial charge in [0.05, 0.1) is 5.69 Å². The molecule has 0 fully saturated rings. The summed E-state index contributed by atoms with van der Waals surface area (Å²) in [7, 11) is 1.73. The van der Waals surface area contributed by atoms with E-state index in [1.807, 2.05) is 24.3 Å². The van der Waals surface area contributed by atoms with Crippen molar-refractivity contribution in [2.45, 2.75) is 6.92 Å². The number of benzene rings is 1. The largest absolute Gasteiger partial charge is 0.439 e. The monoisotopic (exact) mass is 324 g/mol. The summed E-state index contributed by atoms with van der Waals surface area (Å²) in [6.45, 7) is 1.77. The number of amidine groups is 1. The molecule has 0 aliphatic carbocycles. The van der Waals surface area contributed by atoms with E-state index < -0.39 is 0 Å². The third-order valence-electron chi connectivity index (χ3n) is 2.56. The second-order valence-electron chi connectivity index (χ2n) is 3.93. The average Bonchev–Trinajstić information content (AvgIpc) is 2.66. The maximum Gasteiger partial charge on any atom is 0.229 e. The van der Waals surface area contributed by atoms with Gasteiger partial charge < -0.3 is 15.7 Å². The fourth-order valence-electron chi connectivity index (χ4n) is 1.71. The number of nitrogens with two attached hydrogens (primary N) is 1. The van der Waals surface area contributed by atoms with Crippen LogP contribution in [0, 0.1) is 6.92 Å². The highest BCUT2D eigenvalue weighted by molar-refractivity contribution is 9.10. The maximum atomic E-state index is 8.81. The van der Waals surface area contributed by atoms with Crippen LogP contribution in [0.4, 0.5) is 0 Å². The molecule has 1 aromatic carbocycles. The lowest BCUT2D eigenvalue weighted by Crippen LogP contribution is -2.14. The lowest BCUT2D eigenvalue weighted by atomic mass is 10.2. The van der Waals surface area contributed by atoms with Crippen LogP contribution in [0.25, 0.3) is 0 Å². The Morgan fingerprint density at radius 1 is 1.42 bits per heavy atom. The molecular formula is C12H13BrN4O2. The Labute approximate surface area is 118 Å². The molecular weight excluding hydrogens is 312 g/mol. The van der Waals surface area contributed by atoms with Crippen molar-refractivity contribution in [2.75, 3.05) is 0 Å². The van der Waals surface area contributed by atoms with Crippen molar-refractivity contribution in [1.82, 2.24) is 9.78 Å². The predicted molar refractivity (Wildman–Crippen MR) is 74.7 cm³/mol. The van der Waals surface area contributed by atoms with Crippen LogP contribution in [0.2, 0.25) is 0 Å². The van der Waals surface area contributed by atoms with Crippen molar-refractivity contribution in [1.29, 1.82) is 0 Å². The summed E-state index contributed by atoms with van der Waals surface area (Å²) in [4.78, 5) is 0. The number of halogens is 1. The molecule has 2 aromatic rings. The highest BCUT2D eigenvalue weighted by Crippen LogP contribution is 2.27. The molecule has 1 heterocycles. The molecule has 19 heavy (non-hydrogen) atoms. The zero-order chi connectivity index (χ0) is 14.0. The molecule has 0 amide bonds. The fraction of sp³-hybridized carbons (Fsp3) is 0.167. The van der Waals surface area contributed by atoms with Crippen LogP contribution >= 0.6 is 15.9 Å². The Kier molecular flexibility index (Phi) is 3.75. The Hall–Kier alpha value is -2.02. The van der Waals surface area contributed by atoms with Gasteiger partial charge in [-0.05, 0) is 31.2 Å². The van der Waals surface area contributed by atoms with E-state index in [4.69, 9.17) is 15.7 Å². The molecule has 0 radical (unpaired) electrons. The predicted octanol–water partition coefficient (Wildman–Crippen LogP) is 2.38. The molecule has 0 bridgehead atoms. The van der Waals surface area contributed by atoms with Crippen molar-refractivity contribution in [3.63, 3.8) is 0 Å². The van der Waals surface area contributed by atoms with Gasteiger partial charge in [-0.15, -0.1) is 0 Å². The summed E-state index contributed by atoms with van der Waals surface area (Å²) in [6.07, 6.45) is 0. The van der Waals surface area contributed by atoms with E-state index in [2.05, 4.69) is 26.2 Å². The first kappa shape index (κ1) is 13.4. The van der Waals surface area contributed by atoms with Crippen LogP contribution in [-0.2, 0) is 7.05 Å². The molecule has 100 valence electrons. The maximum absolute atomic E-state index is 8.81. The van der Waals surface area contributed by atoms with Gasteiger partial charge in [0, 0.05) is 11.5 Å². The van der Waals surface area contributed by atoms with Crippen molar-refractivity contribution in [3.05, 3.63) is 40.0 Å². The van der Waals surface area contributed by atoms with Gasteiger partial charge in [-0.25, -0.2) is 4.68 Å². The quantitative estimate of drug-likeness (QED) is 0.393. The standard InChI is InChI=1S/C12H13BrN4O2/c1-7-10(11(14)16-18)12(17(2)15-7)19-9-5-3-8(13)4-6-9/h3-6,18H,1-2H3,(H2,14,16). The zero-order valence-corrected chi connectivity index (χ0v) is 12.0. The number of ether oxygens (including phenoxy) is 1. The summed E-state index contributed by atoms with van der Waals surface area (Å²) in [5.74, 6) is 1.03. The topological polar surface area (TPSA) is 85.7 Å². The molecule has 0 saturated carbocycles. The van der Waals surface area contributed by atoms with Gasteiger partial charge in [-0.3, -0.25) is 0 Å². The second kappa shape index (κ2) is 5.31. The average molecular weight is 325 g/mol. The van der Waals surface area contributed by atoms with Crippen molar-refractivity contribution in [3.8, 4) is 11.6 Å². The van der Waals surface area contributed by atoms with E-state index in [-0.39, 0.29) is 5.84 Å². The van der Waals surface area contributed by atoms with Gasteiger partial charge in [0.25, 0.3) is 0 Å². The SMILES string of the molecule is Cc1nn(C)c(Oc2ccc(Br)cc2)c1C(N)=NO. The number of rotatable bonds is 3. The lowest BCUT2D eigenvalue weighted by molar-refractivity contribution is 0.318. The first-order valence-corrected chi connectivity index (χ1v) is 6.27. The molecule has 0 aliphatic heterocycles. The van der Waals surface area contributed by atoms with Crippen LogP contribution in [0.5, 0.6) is 11.6 Å². The molecule has 3 N–H and O–H groups in total. The minimum atomic E-state index is -0.0299. The number of hydrogen-bond donors (Lipinski definition) is 2. The van der Waals surface area contributed by atoms with E-state index in [1.54, 1.807) is 18.7 Å². The van der Waals surface area contributed by atoms with Gasteiger partial charge in [0.1, 0.15) is 11.3 Å². The molecule has 0 atom stereocenters. The lowest BCUT2D eigenvalue weighted by Gasteiger charge is -2.08. The second-order valence-corrected chi connectivity index (χ2v) is 4.85. The fourth-order valence-corrected chi connectivity index (χ4v) is 1.98. The van der Waals surface area contributed by atoms with E-state index in [0.717, 1.165) is 4.47 Å². The Morgan fingerprint density at radius 2 is 2.05 bits per heavy atom. The molecule has 0 aliphatic rings. The number of nitrogens with zero attached hydrogens (tertiary/aromatic N) is 3. The Bertz CT molecular complexity index is 619. The molecule has 6 nitrogen and oxygen atoms in total. The van der Waals surface area contributed by atoms with Crippen molar-refractivity contribution in [2.24, 2.45) is 17.9 Å². The van der Waals surface area contributed by atoms with Crippen LogP contribution < -0.4 is 10.5 Å². The van der Waals surface area contributed by atoms with Crippen molar-refractivity contribution < 1.29 is 9.94 Å². The number of oxime groups is 1. The normalized spacial score (nSPS) is 11.6. The smallest absolute Gasteiger partial charge is 0.229 e. The first-order valence-electron chi connectivity index (χ1n) is 5.48. The highest BCUT2D eigenvalue weighted by atomic mass is 79.9. The van der Waals surface area contributed by atoms with Crippen LogP contribution in [-0.4, -0.2) is 20.8 Å². The summed E-state index contributed by atoms with van der Waals surface area (Å²) in [6, 6.07) is 7.34. The molecule has 0 saturated heterocycles. The van der Waals surface area contributed by atoms with Crippen LogP contribution in [0.3, 0.4) is 0 Å². The summed E-state index contributed by atoms with van der Waals surface area (Å²) in [5, 5.41) is 16.0. The molecule has 0 unspecified atom stereocenters. The van der Waals surface area contributed by atoms with Crippen LogP contribution in [0.15, 0.2) is 33.9 Å². The third kappa shape index (κ3) is 2.70.